The number of nitrogens with zero attached hydrogens (tertiary/aromatic N) is 2. The third-order valence-corrected chi connectivity index (χ3v) is 3.98. The van der Waals surface area contributed by atoms with E-state index in [9.17, 15) is 9.59 Å². The number of primary amides is 1. The Morgan fingerprint density at radius 1 is 1.22 bits per heavy atom. The minimum atomic E-state index is -0.507. The summed E-state index contributed by atoms with van der Waals surface area (Å²) in [6.07, 6.45) is 0.719. The lowest BCUT2D eigenvalue weighted by atomic mass is 10.0. The predicted octanol–water partition coefficient (Wildman–Crippen LogP) is 1.50. The highest BCUT2D eigenvalue weighted by molar-refractivity contribution is 5.97. The molecule has 0 aliphatic carbocycles. The topological polar surface area (TPSA) is 90.0 Å². The van der Waals surface area contributed by atoms with E-state index < -0.39 is 5.91 Å². The van der Waals surface area contributed by atoms with Crippen molar-refractivity contribution in [3.8, 4) is 0 Å². The summed E-state index contributed by atoms with van der Waals surface area (Å²) in [5, 5.41) is 7.35. The van der Waals surface area contributed by atoms with Gasteiger partial charge in [0.05, 0.1) is 5.69 Å². The van der Waals surface area contributed by atoms with Crippen molar-refractivity contribution in [1.82, 2.24) is 15.1 Å². The van der Waals surface area contributed by atoms with E-state index in [1.807, 2.05) is 32.5 Å². The number of hydrogen-bond donors (Lipinski definition) is 2. The van der Waals surface area contributed by atoms with Gasteiger partial charge in [0, 0.05) is 29.9 Å². The van der Waals surface area contributed by atoms with Gasteiger partial charge in [0.2, 0.25) is 5.91 Å². The minimum absolute atomic E-state index is 0.0279. The van der Waals surface area contributed by atoms with E-state index in [0.717, 1.165) is 23.4 Å². The van der Waals surface area contributed by atoms with Gasteiger partial charge in [-0.15, -0.1) is 0 Å². The van der Waals surface area contributed by atoms with Gasteiger partial charge < -0.3 is 11.1 Å². The molecule has 1 unspecified atom stereocenters. The SMILES string of the molecule is Cc1nn(C)c(C)c1CC(C)NC(=O)c1ccc(C(N)=O)cc1. The Kier molecular flexibility index (Phi) is 4.83. The fraction of sp³-hybridized carbons (Fsp3) is 0.353. The highest BCUT2D eigenvalue weighted by Crippen LogP contribution is 2.14. The molecule has 1 aromatic heterocycles. The molecule has 0 saturated heterocycles. The van der Waals surface area contributed by atoms with Crippen LogP contribution < -0.4 is 11.1 Å². The third kappa shape index (κ3) is 3.77. The molecule has 2 aromatic rings. The summed E-state index contributed by atoms with van der Waals surface area (Å²) >= 11 is 0. The van der Waals surface area contributed by atoms with Gasteiger partial charge in [-0.25, -0.2) is 0 Å². The lowest BCUT2D eigenvalue weighted by Gasteiger charge is -2.14. The standard InChI is InChI=1S/C17H22N4O2/c1-10(9-15-11(2)20-21(4)12(15)3)19-17(23)14-7-5-13(6-8-14)16(18)22/h5-8,10H,9H2,1-4H3,(H2,18,22)(H,19,23). The number of nitrogens with two attached hydrogens (primary N) is 1. The first-order valence-corrected chi connectivity index (χ1v) is 7.49. The van der Waals surface area contributed by atoms with Crippen LogP contribution in [0, 0.1) is 13.8 Å². The molecular weight excluding hydrogens is 292 g/mol. The molecule has 6 heteroatoms. The van der Waals surface area contributed by atoms with Gasteiger partial charge in [-0.3, -0.25) is 14.3 Å². The molecule has 0 saturated carbocycles. The number of aromatic nitrogens is 2. The Labute approximate surface area is 135 Å². The zero-order valence-electron chi connectivity index (χ0n) is 13.9. The van der Waals surface area contributed by atoms with Crippen molar-refractivity contribution in [2.24, 2.45) is 12.8 Å². The van der Waals surface area contributed by atoms with Gasteiger partial charge in [0.15, 0.2) is 0 Å². The smallest absolute Gasteiger partial charge is 0.251 e. The monoisotopic (exact) mass is 314 g/mol. The first kappa shape index (κ1) is 16.7. The first-order valence-electron chi connectivity index (χ1n) is 7.49. The second kappa shape index (κ2) is 6.64. The normalized spacial score (nSPS) is 12.0. The maximum atomic E-state index is 12.3. The van der Waals surface area contributed by atoms with E-state index in [1.165, 1.54) is 0 Å². The molecule has 0 aliphatic heterocycles. The summed E-state index contributed by atoms with van der Waals surface area (Å²) < 4.78 is 1.85. The van der Waals surface area contributed by atoms with Crippen LogP contribution in [0.5, 0.6) is 0 Å². The van der Waals surface area contributed by atoms with Crippen molar-refractivity contribution >= 4 is 11.8 Å². The lowest BCUT2D eigenvalue weighted by Crippen LogP contribution is -2.34. The number of benzene rings is 1. The number of nitrogens with one attached hydrogen (secondary N) is 1. The van der Waals surface area contributed by atoms with Crippen molar-refractivity contribution in [2.75, 3.05) is 0 Å². The van der Waals surface area contributed by atoms with Crippen molar-refractivity contribution in [3.63, 3.8) is 0 Å². The van der Waals surface area contributed by atoms with Crippen molar-refractivity contribution in [1.29, 1.82) is 0 Å². The molecule has 122 valence electrons. The van der Waals surface area contributed by atoms with Crippen LogP contribution in [0.4, 0.5) is 0 Å². The van der Waals surface area contributed by atoms with Crippen LogP contribution >= 0.6 is 0 Å². The molecule has 3 N–H and O–H groups in total. The van der Waals surface area contributed by atoms with Crippen LogP contribution in [0.15, 0.2) is 24.3 Å². The predicted molar refractivity (Wildman–Crippen MR) is 88.3 cm³/mol. The quantitative estimate of drug-likeness (QED) is 0.876. The van der Waals surface area contributed by atoms with E-state index in [-0.39, 0.29) is 11.9 Å². The van der Waals surface area contributed by atoms with E-state index in [1.54, 1.807) is 24.3 Å². The fourth-order valence-corrected chi connectivity index (χ4v) is 2.56. The van der Waals surface area contributed by atoms with Crippen LogP contribution in [0.2, 0.25) is 0 Å². The lowest BCUT2D eigenvalue weighted by molar-refractivity contribution is 0.0937. The number of hydrogen-bond acceptors (Lipinski definition) is 3. The molecule has 2 amide bonds. The summed E-state index contributed by atoms with van der Waals surface area (Å²) in [7, 11) is 1.91. The highest BCUT2D eigenvalue weighted by atomic mass is 16.2. The third-order valence-electron chi connectivity index (χ3n) is 3.98. The van der Waals surface area contributed by atoms with Crippen molar-refractivity contribution in [3.05, 3.63) is 52.3 Å². The number of amides is 2. The van der Waals surface area contributed by atoms with Crippen LogP contribution in [-0.4, -0.2) is 27.6 Å². The van der Waals surface area contributed by atoms with E-state index >= 15 is 0 Å². The van der Waals surface area contributed by atoms with Gasteiger partial charge in [0.1, 0.15) is 0 Å². The minimum Gasteiger partial charge on any atom is -0.366 e. The molecule has 1 atom stereocenters. The molecular formula is C17H22N4O2. The Morgan fingerprint density at radius 3 is 2.26 bits per heavy atom. The molecule has 0 radical (unpaired) electrons. The first-order chi connectivity index (χ1) is 10.8. The van der Waals surface area contributed by atoms with Crippen molar-refractivity contribution < 1.29 is 9.59 Å². The van der Waals surface area contributed by atoms with Crippen LogP contribution in [0.25, 0.3) is 0 Å². The van der Waals surface area contributed by atoms with Crippen molar-refractivity contribution in [2.45, 2.75) is 33.2 Å². The number of aryl methyl sites for hydroxylation is 2. The molecule has 1 aromatic carbocycles. The summed E-state index contributed by atoms with van der Waals surface area (Å²) in [5.41, 5.74) is 9.32. The van der Waals surface area contributed by atoms with Gasteiger partial charge in [-0.2, -0.15) is 5.10 Å². The van der Waals surface area contributed by atoms with E-state index in [2.05, 4.69) is 10.4 Å². The average molecular weight is 314 g/mol. The maximum absolute atomic E-state index is 12.3. The Morgan fingerprint density at radius 2 is 1.78 bits per heavy atom. The second-order valence-corrected chi connectivity index (χ2v) is 5.79. The van der Waals surface area contributed by atoms with Crippen LogP contribution in [-0.2, 0) is 13.5 Å². The van der Waals surface area contributed by atoms with Crippen LogP contribution in [0.1, 0.15) is 44.6 Å². The molecule has 1 heterocycles. The summed E-state index contributed by atoms with van der Waals surface area (Å²) in [6, 6.07) is 6.28. The summed E-state index contributed by atoms with van der Waals surface area (Å²) in [5.74, 6) is -0.680. The maximum Gasteiger partial charge on any atom is 0.251 e. The number of carbonyl (C=O) groups excluding carboxylic acids is 2. The zero-order valence-corrected chi connectivity index (χ0v) is 13.9. The fourth-order valence-electron chi connectivity index (χ4n) is 2.56. The Balaban J connectivity index is 2.03. The van der Waals surface area contributed by atoms with E-state index in [4.69, 9.17) is 5.73 Å². The molecule has 6 nitrogen and oxygen atoms in total. The number of carbonyl (C=O) groups is 2. The summed E-state index contributed by atoms with van der Waals surface area (Å²) in [6.45, 7) is 5.95. The zero-order chi connectivity index (χ0) is 17.1. The summed E-state index contributed by atoms with van der Waals surface area (Å²) in [4.78, 5) is 23.3. The molecule has 23 heavy (non-hydrogen) atoms. The largest absolute Gasteiger partial charge is 0.366 e. The molecule has 2 rings (SSSR count). The van der Waals surface area contributed by atoms with Gasteiger partial charge >= 0.3 is 0 Å². The average Bonchev–Trinajstić information content (AvgIpc) is 2.73. The van der Waals surface area contributed by atoms with Gasteiger partial charge in [0.25, 0.3) is 5.91 Å². The van der Waals surface area contributed by atoms with Crippen LogP contribution in [0.3, 0.4) is 0 Å². The second-order valence-electron chi connectivity index (χ2n) is 5.79. The molecule has 0 spiro atoms. The Hall–Kier alpha value is -2.63. The molecule has 0 bridgehead atoms. The van der Waals surface area contributed by atoms with Gasteiger partial charge in [-0.05, 0) is 57.0 Å². The highest BCUT2D eigenvalue weighted by Gasteiger charge is 2.15. The Bertz CT molecular complexity index is 732. The molecule has 0 aliphatic rings. The molecule has 0 fully saturated rings. The van der Waals surface area contributed by atoms with Gasteiger partial charge in [-0.1, -0.05) is 0 Å². The van der Waals surface area contributed by atoms with E-state index in [0.29, 0.717) is 11.1 Å². The number of rotatable bonds is 5.